The molecule has 0 bridgehead atoms. The highest BCUT2D eigenvalue weighted by Crippen LogP contribution is 2.39. The molecule has 1 saturated heterocycles. The van der Waals surface area contributed by atoms with Crippen LogP contribution in [-0.4, -0.2) is 64.5 Å². The van der Waals surface area contributed by atoms with Crippen molar-refractivity contribution < 1.29 is 8.78 Å². The van der Waals surface area contributed by atoms with Crippen LogP contribution in [0.15, 0.2) is 23.4 Å². The Labute approximate surface area is 176 Å². The van der Waals surface area contributed by atoms with Gasteiger partial charge in [-0.2, -0.15) is 0 Å². The first-order chi connectivity index (χ1) is 14.0. The van der Waals surface area contributed by atoms with Crippen molar-refractivity contribution in [1.29, 1.82) is 10.8 Å². The Morgan fingerprint density at radius 2 is 2.03 bits per heavy atom. The van der Waals surface area contributed by atoms with Crippen LogP contribution < -0.4 is 14.9 Å². The van der Waals surface area contributed by atoms with Crippen LogP contribution in [0.25, 0.3) is 5.52 Å². The number of aromatic nitrogens is 2. The number of rotatable bonds is 7. The first-order valence-corrected chi connectivity index (χ1v) is 11.1. The van der Waals surface area contributed by atoms with Crippen LogP contribution in [0.4, 0.5) is 14.5 Å². The van der Waals surface area contributed by atoms with E-state index in [0.29, 0.717) is 5.82 Å². The average molecular weight is 440 g/mol. The zero-order chi connectivity index (χ0) is 20.4. The molecule has 0 aromatic carbocycles. The molecule has 2 aromatic rings. The summed E-state index contributed by atoms with van der Waals surface area (Å²) < 4.78 is 31.0. The van der Waals surface area contributed by atoms with Gasteiger partial charge in [-0.25, -0.2) is 13.8 Å². The average Bonchev–Trinajstić information content (AvgIpc) is 3.42. The Kier molecular flexibility index (Phi) is 6.09. The van der Waals surface area contributed by atoms with Crippen LogP contribution in [0.1, 0.15) is 18.7 Å². The molecule has 0 amide bonds. The van der Waals surface area contributed by atoms with E-state index in [1.807, 2.05) is 10.6 Å². The van der Waals surface area contributed by atoms with Gasteiger partial charge in [-0.05, 0) is 42.6 Å². The van der Waals surface area contributed by atoms with Gasteiger partial charge in [-0.3, -0.25) is 19.9 Å². The molecule has 1 aliphatic heterocycles. The van der Waals surface area contributed by atoms with Gasteiger partial charge >= 0.3 is 0 Å². The molecule has 2 aromatic heterocycles. The van der Waals surface area contributed by atoms with Crippen LogP contribution in [0.2, 0.25) is 0 Å². The van der Waals surface area contributed by atoms with E-state index in [4.69, 9.17) is 10.8 Å². The van der Waals surface area contributed by atoms with E-state index in [1.165, 1.54) is 11.9 Å². The summed E-state index contributed by atoms with van der Waals surface area (Å²) in [6.07, 6.45) is 5.23. The van der Waals surface area contributed by atoms with Crippen molar-refractivity contribution in [2.45, 2.75) is 23.3 Å². The van der Waals surface area contributed by atoms with Gasteiger partial charge in [-0.1, -0.05) is 0 Å². The maximum atomic E-state index is 13.2. The monoisotopic (exact) mass is 439 g/mol. The van der Waals surface area contributed by atoms with Crippen LogP contribution in [0.3, 0.4) is 0 Å². The number of pyridine rings is 1. The summed E-state index contributed by atoms with van der Waals surface area (Å²) in [5, 5.41) is 18.9. The molecule has 0 atom stereocenters. The van der Waals surface area contributed by atoms with E-state index >= 15 is 0 Å². The predicted octanol–water partition coefficient (Wildman–Crippen LogP) is 2.85. The Balaban J connectivity index is 1.69. The van der Waals surface area contributed by atoms with Gasteiger partial charge < -0.3 is 10.2 Å². The molecule has 2 fully saturated rings. The number of hydrogen-bond donors (Lipinski definition) is 4. The number of alkyl halides is 2. The van der Waals surface area contributed by atoms with Crippen LogP contribution in [0, 0.1) is 10.8 Å². The largest absolute Gasteiger partial charge is 0.367 e. The van der Waals surface area contributed by atoms with Crippen molar-refractivity contribution in [3.05, 3.63) is 24.3 Å². The fourth-order valence-corrected chi connectivity index (χ4v) is 4.68. The van der Waals surface area contributed by atoms with Crippen molar-refractivity contribution in [2.24, 2.45) is 0 Å². The van der Waals surface area contributed by atoms with Crippen molar-refractivity contribution in [3.8, 4) is 0 Å². The van der Waals surface area contributed by atoms with Gasteiger partial charge in [0.05, 0.1) is 22.9 Å². The SMILES string of the molecule is N=C(CF)SC(=N)c1ncc2c(N3CCNCC3)cc(SNC3(CF)CC3)cn12. The van der Waals surface area contributed by atoms with Gasteiger partial charge in [0.25, 0.3) is 0 Å². The topological polar surface area (TPSA) is 92.3 Å². The van der Waals surface area contributed by atoms with E-state index in [0.717, 1.165) is 66.9 Å². The maximum absolute atomic E-state index is 13.2. The summed E-state index contributed by atoms with van der Waals surface area (Å²) in [7, 11) is 0. The number of fused-ring (bicyclic) bond motifs is 1. The molecule has 2 aliphatic rings. The molecule has 3 heterocycles. The van der Waals surface area contributed by atoms with Crippen LogP contribution in [0.5, 0.6) is 0 Å². The Bertz CT molecular complexity index is 922. The Hall–Kier alpha value is -1.69. The van der Waals surface area contributed by atoms with Crippen LogP contribution in [-0.2, 0) is 0 Å². The summed E-state index contributed by atoms with van der Waals surface area (Å²) in [6.45, 7) is 2.17. The predicted molar refractivity (Wildman–Crippen MR) is 115 cm³/mol. The summed E-state index contributed by atoms with van der Waals surface area (Å²) in [6, 6.07) is 2.07. The van der Waals surface area contributed by atoms with E-state index in [9.17, 15) is 8.78 Å². The third kappa shape index (κ3) is 4.42. The van der Waals surface area contributed by atoms with Gasteiger partial charge in [0.1, 0.15) is 23.4 Å². The van der Waals surface area contributed by atoms with Crippen molar-refractivity contribution in [1.82, 2.24) is 19.4 Å². The first-order valence-electron chi connectivity index (χ1n) is 9.42. The molecule has 0 spiro atoms. The maximum Gasteiger partial charge on any atom is 0.169 e. The molecule has 4 rings (SSSR count). The van der Waals surface area contributed by atoms with Crippen molar-refractivity contribution >= 4 is 45.0 Å². The van der Waals surface area contributed by atoms with Gasteiger partial charge in [-0.15, -0.1) is 0 Å². The number of thioether (sulfide) groups is 1. The zero-order valence-corrected chi connectivity index (χ0v) is 17.4. The fraction of sp³-hybridized carbons (Fsp3) is 0.500. The summed E-state index contributed by atoms with van der Waals surface area (Å²) in [5.74, 6) is 0.369. The lowest BCUT2D eigenvalue weighted by Gasteiger charge is -2.30. The molecule has 11 heteroatoms. The number of hydrogen-bond acceptors (Lipinski definition) is 8. The second-order valence-electron chi connectivity index (χ2n) is 7.24. The molecule has 0 radical (unpaired) electrons. The Morgan fingerprint density at radius 3 is 2.69 bits per heavy atom. The number of anilines is 1. The third-order valence-electron chi connectivity index (χ3n) is 5.10. The highest BCUT2D eigenvalue weighted by Gasteiger charge is 2.43. The van der Waals surface area contributed by atoms with E-state index in [1.54, 1.807) is 6.20 Å². The highest BCUT2D eigenvalue weighted by molar-refractivity contribution is 8.26. The smallest absolute Gasteiger partial charge is 0.169 e. The number of halogens is 2. The summed E-state index contributed by atoms with van der Waals surface area (Å²) in [4.78, 5) is 7.54. The van der Waals surface area contributed by atoms with Gasteiger partial charge in [0.15, 0.2) is 5.82 Å². The first kappa shape index (κ1) is 20.6. The van der Waals surface area contributed by atoms with Gasteiger partial charge in [0, 0.05) is 37.3 Å². The molecule has 1 saturated carbocycles. The molecule has 0 unspecified atom stereocenters. The minimum Gasteiger partial charge on any atom is -0.367 e. The third-order valence-corrected chi connectivity index (χ3v) is 6.83. The lowest BCUT2D eigenvalue weighted by molar-refractivity contribution is 0.402. The molecule has 1 aliphatic carbocycles. The summed E-state index contributed by atoms with van der Waals surface area (Å²) >= 11 is 2.15. The minimum absolute atomic E-state index is 0.0245. The number of nitrogens with zero attached hydrogens (tertiary/aromatic N) is 3. The fourth-order valence-electron chi connectivity index (χ4n) is 3.21. The molecular weight excluding hydrogens is 416 g/mol. The molecule has 156 valence electrons. The second-order valence-corrected chi connectivity index (χ2v) is 9.23. The Morgan fingerprint density at radius 1 is 1.28 bits per heavy atom. The zero-order valence-electron chi connectivity index (χ0n) is 15.8. The molecule has 7 nitrogen and oxygen atoms in total. The lowest BCUT2D eigenvalue weighted by atomic mass is 10.2. The normalized spacial score (nSPS) is 18.2. The van der Waals surface area contributed by atoms with Crippen molar-refractivity contribution in [3.63, 3.8) is 0 Å². The minimum atomic E-state index is -0.904. The van der Waals surface area contributed by atoms with Gasteiger partial charge in [0.2, 0.25) is 0 Å². The number of imidazole rings is 1. The number of nitrogens with one attached hydrogen (secondary N) is 4. The second kappa shape index (κ2) is 8.58. The van der Waals surface area contributed by atoms with E-state index < -0.39 is 18.9 Å². The number of piperazine rings is 1. The highest BCUT2D eigenvalue weighted by atomic mass is 32.2. The lowest BCUT2D eigenvalue weighted by Crippen LogP contribution is -2.43. The van der Waals surface area contributed by atoms with Crippen LogP contribution >= 0.6 is 23.7 Å². The quantitative estimate of drug-likeness (QED) is 0.301. The van der Waals surface area contributed by atoms with E-state index in [2.05, 4.69) is 26.0 Å². The summed E-state index contributed by atoms with van der Waals surface area (Å²) in [5.41, 5.74) is 1.43. The molecule has 4 N–H and O–H groups in total. The van der Waals surface area contributed by atoms with Crippen molar-refractivity contribution in [2.75, 3.05) is 44.4 Å². The molecular formula is C18H23F2N7S2. The van der Waals surface area contributed by atoms with E-state index in [-0.39, 0.29) is 10.1 Å². The standard InChI is InChI=1S/C18H23F2N7S2/c19-8-15(21)28-16(22)17-24-9-14-13(26-5-3-23-4-6-26)7-12(10-27(14)17)29-25-18(11-20)1-2-18/h7,9-10,21-23,25H,1-6,8,11H2. The molecule has 29 heavy (non-hydrogen) atoms.